The molecule has 1 aliphatic rings. The Morgan fingerprint density at radius 1 is 1.33 bits per heavy atom. The van der Waals surface area contributed by atoms with Crippen molar-refractivity contribution in [3.8, 4) is 0 Å². The first-order chi connectivity index (χ1) is 8.11. The average molecular weight is 278 g/mol. The van der Waals surface area contributed by atoms with E-state index in [4.69, 9.17) is 0 Å². The summed E-state index contributed by atoms with van der Waals surface area (Å²) in [6, 6.07) is -0.277. The summed E-state index contributed by atoms with van der Waals surface area (Å²) in [4.78, 5) is 25.7. The number of hydrogen-bond acceptors (Lipinski definition) is 3. The Bertz CT molecular complexity index is 286. The molecule has 0 saturated carbocycles. The molecule has 106 valence electrons. The van der Waals surface area contributed by atoms with Crippen molar-refractivity contribution in [1.82, 2.24) is 15.5 Å². The van der Waals surface area contributed by atoms with Crippen LogP contribution in [0.25, 0.3) is 0 Å². The van der Waals surface area contributed by atoms with Gasteiger partial charge in [-0.3, -0.25) is 9.59 Å². The Hall–Kier alpha value is -0.810. The number of halogens is 1. The van der Waals surface area contributed by atoms with Crippen molar-refractivity contribution in [2.75, 3.05) is 27.2 Å². The van der Waals surface area contributed by atoms with Gasteiger partial charge in [0.1, 0.15) is 6.04 Å². The van der Waals surface area contributed by atoms with Gasteiger partial charge in [-0.2, -0.15) is 0 Å². The number of amides is 2. The predicted octanol–water partition coefficient (Wildman–Crippen LogP) is 0.391. The molecule has 5 nitrogen and oxygen atoms in total. The third-order valence-electron chi connectivity index (χ3n) is 3.27. The minimum absolute atomic E-state index is 0. The molecule has 0 spiro atoms. The molecule has 1 rings (SSSR count). The first-order valence-corrected chi connectivity index (χ1v) is 6.28. The second kappa shape index (κ2) is 8.32. The molecule has 2 atom stereocenters. The van der Waals surface area contributed by atoms with Gasteiger partial charge in [-0.1, -0.05) is 6.92 Å². The fourth-order valence-corrected chi connectivity index (χ4v) is 2.31. The summed E-state index contributed by atoms with van der Waals surface area (Å²) in [5.41, 5.74) is 0. The van der Waals surface area contributed by atoms with E-state index in [2.05, 4.69) is 10.6 Å². The summed E-state index contributed by atoms with van der Waals surface area (Å²) >= 11 is 0. The van der Waals surface area contributed by atoms with Gasteiger partial charge in [-0.05, 0) is 26.3 Å². The van der Waals surface area contributed by atoms with Gasteiger partial charge in [-0.25, -0.2) is 0 Å². The second-order valence-electron chi connectivity index (χ2n) is 4.62. The highest BCUT2D eigenvalue weighted by molar-refractivity contribution is 5.88. The van der Waals surface area contributed by atoms with Gasteiger partial charge >= 0.3 is 0 Å². The summed E-state index contributed by atoms with van der Waals surface area (Å²) < 4.78 is 0. The van der Waals surface area contributed by atoms with Gasteiger partial charge in [0.05, 0.1) is 0 Å². The zero-order chi connectivity index (χ0) is 12.8. The lowest BCUT2D eigenvalue weighted by atomic mass is 9.99. The molecule has 0 aromatic heterocycles. The fraction of sp³-hybridized carbons (Fsp3) is 0.833. The largest absolute Gasteiger partial charge is 0.357 e. The standard InChI is InChI=1S/C12H23N3O2.ClH/c1-9(8-13-2)12(17)15-7-5-4-6-10(15)11(16)14-3;/h9-10,13H,4-8H2,1-3H3,(H,14,16);1H. The number of nitrogens with one attached hydrogen (secondary N) is 2. The lowest BCUT2D eigenvalue weighted by molar-refractivity contribution is -0.144. The van der Waals surface area contributed by atoms with Crippen LogP contribution in [0.1, 0.15) is 26.2 Å². The zero-order valence-electron chi connectivity index (χ0n) is 11.4. The van der Waals surface area contributed by atoms with Gasteiger partial charge in [0, 0.05) is 26.1 Å². The molecule has 1 fully saturated rings. The van der Waals surface area contributed by atoms with Crippen molar-refractivity contribution in [1.29, 1.82) is 0 Å². The molecule has 1 heterocycles. The van der Waals surface area contributed by atoms with Crippen molar-refractivity contribution < 1.29 is 9.59 Å². The molecule has 0 bridgehead atoms. The molecular formula is C12H24ClN3O2. The normalized spacial score (nSPS) is 20.8. The zero-order valence-corrected chi connectivity index (χ0v) is 12.2. The van der Waals surface area contributed by atoms with Gasteiger partial charge in [0.25, 0.3) is 0 Å². The van der Waals surface area contributed by atoms with Crippen LogP contribution >= 0.6 is 12.4 Å². The molecule has 0 aliphatic carbocycles. The van der Waals surface area contributed by atoms with E-state index in [-0.39, 0.29) is 36.2 Å². The third kappa shape index (κ3) is 4.14. The van der Waals surface area contributed by atoms with Crippen molar-refractivity contribution in [2.24, 2.45) is 5.92 Å². The predicted molar refractivity (Wildman–Crippen MR) is 73.8 cm³/mol. The number of likely N-dealkylation sites (N-methyl/N-ethyl adjacent to an activating group) is 1. The minimum atomic E-state index is -0.277. The van der Waals surface area contributed by atoms with E-state index < -0.39 is 0 Å². The minimum Gasteiger partial charge on any atom is -0.357 e. The molecule has 1 aliphatic heterocycles. The van der Waals surface area contributed by atoms with Crippen molar-refractivity contribution in [3.05, 3.63) is 0 Å². The Morgan fingerprint density at radius 2 is 2.00 bits per heavy atom. The highest BCUT2D eigenvalue weighted by atomic mass is 35.5. The quantitative estimate of drug-likeness (QED) is 0.782. The van der Waals surface area contributed by atoms with E-state index in [1.165, 1.54) is 0 Å². The Balaban J connectivity index is 0.00000289. The van der Waals surface area contributed by atoms with Crippen molar-refractivity contribution in [3.63, 3.8) is 0 Å². The lowest BCUT2D eigenvalue weighted by Crippen LogP contribution is -2.53. The number of rotatable bonds is 4. The van der Waals surface area contributed by atoms with E-state index in [9.17, 15) is 9.59 Å². The van der Waals surface area contributed by atoms with Crippen LogP contribution in [0, 0.1) is 5.92 Å². The number of carbonyl (C=O) groups excluding carboxylic acids is 2. The maximum atomic E-state index is 12.2. The molecule has 0 aromatic carbocycles. The summed E-state index contributed by atoms with van der Waals surface area (Å²) in [6.07, 6.45) is 2.78. The SMILES string of the molecule is CNCC(C)C(=O)N1CCCCC1C(=O)NC.Cl. The smallest absolute Gasteiger partial charge is 0.242 e. The number of piperidine rings is 1. The first kappa shape index (κ1) is 17.2. The Kier molecular flexibility index (Phi) is 7.95. The second-order valence-corrected chi connectivity index (χ2v) is 4.62. The van der Waals surface area contributed by atoms with Crippen LogP contribution in [0.3, 0.4) is 0 Å². The van der Waals surface area contributed by atoms with E-state index in [0.29, 0.717) is 13.1 Å². The van der Waals surface area contributed by atoms with Crippen molar-refractivity contribution >= 4 is 24.2 Å². The lowest BCUT2D eigenvalue weighted by Gasteiger charge is -2.36. The summed E-state index contributed by atoms with van der Waals surface area (Å²) in [7, 11) is 3.45. The summed E-state index contributed by atoms with van der Waals surface area (Å²) in [6.45, 7) is 3.25. The number of carbonyl (C=O) groups is 2. The molecular weight excluding hydrogens is 254 g/mol. The van der Waals surface area contributed by atoms with Gasteiger partial charge in [0.2, 0.25) is 11.8 Å². The highest BCUT2D eigenvalue weighted by Crippen LogP contribution is 2.19. The summed E-state index contributed by atoms with van der Waals surface area (Å²) in [5.74, 6) is -0.0485. The van der Waals surface area contributed by atoms with E-state index in [1.54, 1.807) is 11.9 Å². The fourth-order valence-electron chi connectivity index (χ4n) is 2.31. The summed E-state index contributed by atoms with van der Waals surface area (Å²) in [5, 5.41) is 5.64. The molecule has 2 amide bonds. The monoisotopic (exact) mass is 277 g/mol. The molecule has 18 heavy (non-hydrogen) atoms. The maximum Gasteiger partial charge on any atom is 0.242 e. The molecule has 2 unspecified atom stereocenters. The first-order valence-electron chi connectivity index (χ1n) is 6.28. The maximum absolute atomic E-state index is 12.2. The van der Waals surface area contributed by atoms with Gasteiger partial charge < -0.3 is 15.5 Å². The van der Waals surface area contributed by atoms with Crippen LogP contribution in [0.5, 0.6) is 0 Å². The number of hydrogen-bond donors (Lipinski definition) is 2. The molecule has 0 aromatic rings. The third-order valence-corrected chi connectivity index (χ3v) is 3.27. The van der Waals surface area contributed by atoms with Gasteiger partial charge in [0.15, 0.2) is 0 Å². The molecule has 2 N–H and O–H groups in total. The van der Waals surface area contributed by atoms with E-state index >= 15 is 0 Å². The van der Waals surface area contributed by atoms with Crippen LogP contribution < -0.4 is 10.6 Å². The average Bonchev–Trinajstić information content (AvgIpc) is 2.37. The highest BCUT2D eigenvalue weighted by Gasteiger charge is 2.33. The van der Waals surface area contributed by atoms with Crippen LogP contribution in [-0.4, -0.2) is 49.9 Å². The van der Waals surface area contributed by atoms with Crippen LogP contribution in [0.2, 0.25) is 0 Å². The molecule has 0 radical (unpaired) electrons. The van der Waals surface area contributed by atoms with Crippen LogP contribution in [-0.2, 0) is 9.59 Å². The van der Waals surface area contributed by atoms with E-state index in [1.807, 2.05) is 14.0 Å². The Labute approximate surface area is 115 Å². The molecule has 6 heteroatoms. The van der Waals surface area contributed by atoms with Gasteiger partial charge in [-0.15, -0.1) is 12.4 Å². The topological polar surface area (TPSA) is 61.4 Å². The van der Waals surface area contributed by atoms with E-state index in [0.717, 1.165) is 19.3 Å². The molecule has 1 saturated heterocycles. The van der Waals surface area contributed by atoms with Crippen LogP contribution in [0.15, 0.2) is 0 Å². The Morgan fingerprint density at radius 3 is 2.56 bits per heavy atom. The van der Waals surface area contributed by atoms with Crippen molar-refractivity contribution in [2.45, 2.75) is 32.2 Å². The number of nitrogens with zero attached hydrogens (tertiary/aromatic N) is 1. The number of likely N-dealkylation sites (tertiary alicyclic amines) is 1. The van der Waals surface area contributed by atoms with Crippen LogP contribution in [0.4, 0.5) is 0 Å².